The van der Waals surface area contributed by atoms with Gasteiger partial charge in [0.1, 0.15) is 0 Å². The van der Waals surface area contributed by atoms with Crippen LogP contribution in [0.25, 0.3) is 98.2 Å². The molecule has 7 aromatic carbocycles. The SMILES string of the molecule is C1=CC2=c3c(n(-c4ccc(-c5ccc6sc7ccccc7c6c5)cc4)c4ccc(-c5ccc6c(c5)c5ccccc5n6-c5ccccc5)cc34)=CCC2C=C1. The monoisotopic (exact) mass is 718 g/mol. The smallest absolute Gasteiger partial charge is 0.0541 e. The zero-order chi connectivity index (χ0) is 36.0. The van der Waals surface area contributed by atoms with Crippen molar-refractivity contribution < 1.29 is 0 Å². The number of thiophene rings is 1. The van der Waals surface area contributed by atoms with E-state index in [9.17, 15) is 0 Å². The molecule has 0 bridgehead atoms. The minimum Gasteiger partial charge on any atom is -0.310 e. The van der Waals surface area contributed by atoms with Crippen molar-refractivity contribution in [1.82, 2.24) is 9.13 Å². The third kappa shape index (κ3) is 4.67. The highest BCUT2D eigenvalue weighted by Crippen LogP contribution is 2.38. The van der Waals surface area contributed by atoms with Crippen molar-refractivity contribution in [2.75, 3.05) is 0 Å². The first-order valence-corrected chi connectivity index (χ1v) is 19.9. The molecule has 0 radical (unpaired) electrons. The average molecular weight is 719 g/mol. The molecule has 12 rings (SSSR count). The van der Waals surface area contributed by atoms with Gasteiger partial charge in [0.15, 0.2) is 0 Å². The molecule has 2 aliphatic carbocycles. The van der Waals surface area contributed by atoms with E-state index in [1.54, 1.807) is 0 Å². The van der Waals surface area contributed by atoms with E-state index in [4.69, 9.17) is 0 Å². The molecule has 1 atom stereocenters. The van der Waals surface area contributed by atoms with Crippen LogP contribution in [0.3, 0.4) is 0 Å². The van der Waals surface area contributed by atoms with Crippen LogP contribution in [0.2, 0.25) is 0 Å². The van der Waals surface area contributed by atoms with Gasteiger partial charge in [0.25, 0.3) is 0 Å². The normalized spacial score (nSPS) is 15.0. The fraction of sp³-hybridized carbons (Fsp3) is 0.0385. The minimum absolute atomic E-state index is 0.395. The van der Waals surface area contributed by atoms with Crippen molar-refractivity contribution in [2.45, 2.75) is 6.42 Å². The third-order valence-electron chi connectivity index (χ3n) is 11.8. The van der Waals surface area contributed by atoms with E-state index < -0.39 is 0 Å². The summed E-state index contributed by atoms with van der Waals surface area (Å²) < 4.78 is 7.55. The summed E-state index contributed by atoms with van der Waals surface area (Å²) >= 11 is 1.87. The van der Waals surface area contributed by atoms with Crippen molar-refractivity contribution in [2.24, 2.45) is 5.92 Å². The number of fused-ring (bicyclic) bond motifs is 10. The Morgan fingerprint density at radius 2 is 1.07 bits per heavy atom. The van der Waals surface area contributed by atoms with Crippen LogP contribution in [0.5, 0.6) is 0 Å². The predicted molar refractivity (Wildman–Crippen MR) is 235 cm³/mol. The van der Waals surface area contributed by atoms with E-state index in [1.807, 2.05) is 11.3 Å². The molecular weight excluding hydrogens is 685 g/mol. The molecule has 0 fully saturated rings. The van der Waals surface area contributed by atoms with E-state index in [0.29, 0.717) is 5.92 Å². The standard InChI is InChI=1S/C52H34N2S/c1-2-11-38(12-3-1)53-46-16-8-6-14-41(46)43-30-36(21-26-47(43)53)37-22-27-48-45(32-37)52-40-13-5-4-10-34(40)20-28-49(52)54(48)39-24-18-33(19-25-39)35-23-29-51-44(31-35)42-15-7-9-17-50(42)55-51/h1-19,21-32,34H,20H2. The first kappa shape index (κ1) is 30.7. The van der Waals surface area contributed by atoms with Gasteiger partial charge in [-0.2, -0.15) is 0 Å². The number of para-hydroxylation sites is 2. The zero-order valence-corrected chi connectivity index (χ0v) is 30.8. The van der Waals surface area contributed by atoms with Crippen LogP contribution in [0.1, 0.15) is 6.42 Å². The first-order valence-electron chi connectivity index (χ1n) is 19.1. The van der Waals surface area contributed by atoms with Gasteiger partial charge >= 0.3 is 0 Å². The lowest BCUT2D eigenvalue weighted by Crippen LogP contribution is -2.34. The fourth-order valence-corrected chi connectivity index (χ4v) is 10.4. The van der Waals surface area contributed by atoms with E-state index in [-0.39, 0.29) is 0 Å². The highest BCUT2D eigenvalue weighted by molar-refractivity contribution is 7.25. The topological polar surface area (TPSA) is 9.86 Å². The minimum atomic E-state index is 0.395. The maximum absolute atomic E-state index is 2.49. The van der Waals surface area contributed by atoms with Crippen LogP contribution in [0.4, 0.5) is 0 Å². The van der Waals surface area contributed by atoms with Crippen LogP contribution in [-0.4, -0.2) is 9.13 Å². The van der Waals surface area contributed by atoms with E-state index >= 15 is 0 Å². The first-order chi connectivity index (χ1) is 27.3. The molecule has 258 valence electrons. The molecule has 3 heteroatoms. The number of allylic oxidation sites excluding steroid dienone is 4. The van der Waals surface area contributed by atoms with Gasteiger partial charge in [-0.05, 0) is 107 Å². The molecular formula is C52H34N2S. The van der Waals surface area contributed by atoms with Gasteiger partial charge in [0, 0.05) is 58.8 Å². The largest absolute Gasteiger partial charge is 0.310 e. The lowest BCUT2D eigenvalue weighted by Gasteiger charge is -2.18. The maximum Gasteiger partial charge on any atom is 0.0541 e. The van der Waals surface area contributed by atoms with Gasteiger partial charge in [0.2, 0.25) is 0 Å². The van der Waals surface area contributed by atoms with E-state index in [1.165, 1.54) is 103 Å². The van der Waals surface area contributed by atoms with Gasteiger partial charge in [-0.25, -0.2) is 0 Å². The Kier molecular flexibility index (Phi) is 6.66. The molecule has 55 heavy (non-hydrogen) atoms. The lowest BCUT2D eigenvalue weighted by atomic mass is 9.86. The second kappa shape index (κ2) is 11.9. The molecule has 0 aliphatic heterocycles. The highest BCUT2D eigenvalue weighted by atomic mass is 32.1. The molecule has 2 aliphatic rings. The van der Waals surface area contributed by atoms with Crippen LogP contribution in [0, 0.1) is 5.92 Å². The van der Waals surface area contributed by atoms with Crippen LogP contribution in [0.15, 0.2) is 182 Å². The lowest BCUT2D eigenvalue weighted by molar-refractivity contribution is 0.854. The summed E-state index contributed by atoms with van der Waals surface area (Å²) in [6.07, 6.45) is 12.6. The van der Waals surface area contributed by atoms with Crippen LogP contribution in [-0.2, 0) is 0 Å². The third-order valence-corrected chi connectivity index (χ3v) is 13.0. The Morgan fingerprint density at radius 1 is 0.455 bits per heavy atom. The Labute approximate surface area is 322 Å². The summed E-state index contributed by atoms with van der Waals surface area (Å²) in [5.41, 5.74) is 12.4. The van der Waals surface area contributed by atoms with Gasteiger partial charge < -0.3 is 9.13 Å². The number of hydrogen-bond donors (Lipinski definition) is 0. The quantitative estimate of drug-likeness (QED) is 0.171. The van der Waals surface area contributed by atoms with Gasteiger partial charge in [-0.15, -0.1) is 11.3 Å². The number of rotatable bonds is 4. The molecule has 0 N–H and O–H groups in total. The Balaban J connectivity index is 1.02. The molecule has 0 saturated heterocycles. The molecule has 3 aromatic heterocycles. The van der Waals surface area contributed by atoms with Gasteiger partial charge in [0.05, 0.1) is 21.9 Å². The summed E-state index contributed by atoms with van der Waals surface area (Å²) in [5.74, 6) is 0.395. The molecule has 0 spiro atoms. The van der Waals surface area contributed by atoms with Crippen molar-refractivity contribution >= 4 is 75.9 Å². The number of nitrogens with zero attached hydrogens (tertiary/aromatic N) is 2. The summed E-state index contributed by atoms with van der Waals surface area (Å²) in [6, 6.07) is 58.4. The zero-order valence-electron chi connectivity index (χ0n) is 30.0. The molecule has 10 aromatic rings. The summed E-state index contributed by atoms with van der Waals surface area (Å²) in [4.78, 5) is 0. The predicted octanol–water partition coefficient (Wildman–Crippen LogP) is 12.5. The number of hydrogen-bond acceptors (Lipinski definition) is 1. The molecule has 1 unspecified atom stereocenters. The summed E-state index contributed by atoms with van der Waals surface area (Å²) in [5, 5.41) is 9.16. The van der Waals surface area contributed by atoms with Crippen molar-refractivity contribution in [3.05, 3.63) is 193 Å². The maximum atomic E-state index is 2.49. The second-order valence-electron chi connectivity index (χ2n) is 14.8. The molecule has 0 saturated carbocycles. The second-order valence-corrected chi connectivity index (χ2v) is 15.9. The van der Waals surface area contributed by atoms with Crippen LogP contribution < -0.4 is 10.6 Å². The average Bonchev–Trinajstić information content (AvgIpc) is 3.91. The summed E-state index contributed by atoms with van der Waals surface area (Å²) in [7, 11) is 0. The fourth-order valence-electron chi connectivity index (χ4n) is 9.28. The van der Waals surface area contributed by atoms with E-state index in [0.717, 1.165) is 6.42 Å². The van der Waals surface area contributed by atoms with Crippen molar-refractivity contribution in [3.63, 3.8) is 0 Å². The number of benzene rings is 7. The Morgan fingerprint density at radius 3 is 1.93 bits per heavy atom. The molecule has 2 nitrogen and oxygen atoms in total. The summed E-state index contributed by atoms with van der Waals surface area (Å²) in [6.45, 7) is 0. The molecule has 3 heterocycles. The number of aromatic nitrogens is 2. The Bertz CT molecular complexity index is 3390. The van der Waals surface area contributed by atoms with Crippen molar-refractivity contribution in [3.8, 4) is 33.6 Å². The Hall–Kier alpha value is -6.68. The van der Waals surface area contributed by atoms with Gasteiger partial charge in [-0.1, -0.05) is 115 Å². The van der Waals surface area contributed by atoms with E-state index in [2.05, 4.69) is 197 Å². The molecule has 0 amide bonds. The highest BCUT2D eigenvalue weighted by Gasteiger charge is 2.22. The van der Waals surface area contributed by atoms with Crippen LogP contribution >= 0.6 is 11.3 Å². The van der Waals surface area contributed by atoms with Crippen molar-refractivity contribution in [1.29, 1.82) is 0 Å². The van der Waals surface area contributed by atoms with Gasteiger partial charge in [-0.3, -0.25) is 0 Å².